The Balaban J connectivity index is 1.62. The Labute approximate surface area is 160 Å². The summed E-state index contributed by atoms with van der Waals surface area (Å²) in [6.45, 7) is 1.97. The average molecular weight is 391 g/mol. The lowest BCUT2D eigenvalue weighted by Gasteiger charge is -2.33. The van der Waals surface area contributed by atoms with Gasteiger partial charge in [-0.25, -0.2) is 14.4 Å². The van der Waals surface area contributed by atoms with Gasteiger partial charge < -0.3 is 21.1 Å². The number of nitrogens with one attached hydrogen (secondary N) is 2. The van der Waals surface area contributed by atoms with Crippen molar-refractivity contribution in [1.29, 1.82) is 0 Å². The first-order chi connectivity index (χ1) is 13.0. The van der Waals surface area contributed by atoms with Crippen LogP contribution in [0.15, 0.2) is 30.7 Å². The summed E-state index contributed by atoms with van der Waals surface area (Å²) in [7, 11) is 0. The van der Waals surface area contributed by atoms with Crippen molar-refractivity contribution in [1.82, 2.24) is 19.9 Å². The predicted molar refractivity (Wildman–Crippen MR) is 102 cm³/mol. The van der Waals surface area contributed by atoms with Crippen molar-refractivity contribution in [2.45, 2.75) is 25.1 Å². The van der Waals surface area contributed by atoms with Gasteiger partial charge in [-0.2, -0.15) is 0 Å². The average Bonchev–Trinajstić information content (AvgIpc) is 3.05. The minimum atomic E-state index is -0.529. The molecule has 0 spiro atoms. The Hall–Kier alpha value is -2.26. The van der Waals surface area contributed by atoms with Crippen LogP contribution in [0.1, 0.15) is 12.0 Å². The van der Waals surface area contributed by atoms with E-state index in [1.165, 1.54) is 18.5 Å². The molecule has 2 aromatic heterocycles. The van der Waals surface area contributed by atoms with Gasteiger partial charge in [0, 0.05) is 37.6 Å². The van der Waals surface area contributed by atoms with E-state index < -0.39 is 11.9 Å². The number of hydrogen-bond acceptors (Lipinski definition) is 6. The van der Waals surface area contributed by atoms with Crippen LogP contribution < -0.4 is 11.1 Å². The Morgan fingerprint density at radius 1 is 1.41 bits per heavy atom. The van der Waals surface area contributed by atoms with Crippen molar-refractivity contribution in [3.05, 3.63) is 47.1 Å². The van der Waals surface area contributed by atoms with E-state index in [2.05, 4.69) is 25.2 Å². The third-order valence-electron chi connectivity index (χ3n) is 4.85. The van der Waals surface area contributed by atoms with Crippen molar-refractivity contribution in [3.8, 4) is 0 Å². The van der Waals surface area contributed by atoms with Gasteiger partial charge in [0.25, 0.3) is 0 Å². The molecule has 142 valence electrons. The minimum absolute atomic E-state index is 0.0400. The second kappa shape index (κ2) is 7.40. The van der Waals surface area contributed by atoms with E-state index in [0.29, 0.717) is 30.2 Å². The number of halogens is 2. The van der Waals surface area contributed by atoms with Crippen LogP contribution >= 0.6 is 11.6 Å². The molecule has 2 unspecified atom stereocenters. The largest absolute Gasteiger partial charge is 0.390 e. The van der Waals surface area contributed by atoms with Crippen LogP contribution in [-0.4, -0.2) is 50.2 Å². The maximum absolute atomic E-state index is 13.4. The number of likely N-dealkylation sites (tertiary alicyclic amines) is 1. The Morgan fingerprint density at radius 2 is 2.26 bits per heavy atom. The molecule has 5 N–H and O–H groups in total. The number of β-amino-alcohol motifs (C(OH)–C–C–N with tert-alkyl or cyclic N) is 1. The van der Waals surface area contributed by atoms with Gasteiger partial charge >= 0.3 is 0 Å². The van der Waals surface area contributed by atoms with Crippen molar-refractivity contribution < 1.29 is 9.50 Å². The van der Waals surface area contributed by atoms with Crippen molar-refractivity contribution in [2.24, 2.45) is 5.73 Å². The number of rotatable bonds is 4. The highest BCUT2D eigenvalue weighted by atomic mass is 35.5. The highest BCUT2D eigenvalue weighted by Crippen LogP contribution is 2.29. The fourth-order valence-electron chi connectivity index (χ4n) is 3.36. The lowest BCUT2D eigenvalue weighted by atomic mass is 10.0. The Kier molecular flexibility index (Phi) is 4.96. The SMILES string of the molecule is NC1CCN(Cc2c[nH]c3ncnc(Nc4ccc(F)c(Cl)c4)c23)CC1O. The monoisotopic (exact) mass is 390 g/mol. The van der Waals surface area contributed by atoms with Gasteiger partial charge in [0.15, 0.2) is 0 Å². The number of hydrogen-bond donors (Lipinski definition) is 4. The highest BCUT2D eigenvalue weighted by Gasteiger charge is 2.25. The number of H-pyrrole nitrogens is 1. The van der Waals surface area contributed by atoms with Crippen LogP contribution in [-0.2, 0) is 6.54 Å². The number of fused-ring (bicyclic) bond motifs is 1. The smallest absolute Gasteiger partial charge is 0.143 e. The first-order valence-corrected chi connectivity index (χ1v) is 9.08. The van der Waals surface area contributed by atoms with Crippen LogP contribution in [0.5, 0.6) is 0 Å². The van der Waals surface area contributed by atoms with Gasteiger partial charge in [-0.3, -0.25) is 4.90 Å². The van der Waals surface area contributed by atoms with E-state index in [4.69, 9.17) is 17.3 Å². The number of piperidine rings is 1. The predicted octanol–water partition coefficient (Wildman–Crippen LogP) is 2.39. The van der Waals surface area contributed by atoms with E-state index in [1.807, 2.05) is 6.20 Å². The zero-order valence-electron chi connectivity index (χ0n) is 14.5. The molecule has 0 bridgehead atoms. The van der Waals surface area contributed by atoms with Crippen LogP contribution in [0.25, 0.3) is 11.0 Å². The van der Waals surface area contributed by atoms with Gasteiger partial charge in [0.05, 0.1) is 16.5 Å². The molecular weight excluding hydrogens is 371 g/mol. The number of anilines is 2. The zero-order valence-corrected chi connectivity index (χ0v) is 15.2. The summed E-state index contributed by atoms with van der Waals surface area (Å²) in [6.07, 6.45) is 3.57. The van der Waals surface area contributed by atoms with E-state index in [0.717, 1.165) is 23.9 Å². The van der Waals surface area contributed by atoms with E-state index in [-0.39, 0.29) is 11.1 Å². The third-order valence-corrected chi connectivity index (χ3v) is 5.14. The lowest BCUT2D eigenvalue weighted by Crippen LogP contribution is -2.50. The summed E-state index contributed by atoms with van der Waals surface area (Å²) in [6, 6.07) is 4.25. The van der Waals surface area contributed by atoms with Crippen molar-refractivity contribution in [3.63, 3.8) is 0 Å². The molecule has 0 saturated carbocycles. The van der Waals surface area contributed by atoms with E-state index >= 15 is 0 Å². The molecule has 0 amide bonds. The van der Waals surface area contributed by atoms with Gasteiger partial charge in [-0.1, -0.05) is 11.6 Å². The molecule has 1 fully saturated rings. The van der Waals surface area contributed by atoms with Crippen LogP contribution in [0.4, 0.5) is 15.9 Å². The fourth-order valence-corrected chi connectivity index (χ4v) is 3.54. The molecule has 2 atom stereocenters. The lowest BCUT2D eigenvalue weighted by molar-refractivity contribution is 0.0501. The number of aliphatic hydroxyl groups is 1. The molecule has 7 nitrogen and oxygen atoms in total. The molecule has 0 radical (unpaired) electrons. The van der Waals surface area contributed by atoms with Crippen molar-refractivity contribution >= 4 is 34.1 Å². The quantitative estimate of drug-likeness (QED) is 0.545. The number of aliphatic hydroxyl groups excluding tert-OH is 1. The number of aromatic amines is 1. The Morgan fingerprint density at radius 3 is 3.04 bits per heavy atom. The van der Waals surface area contributed by atoms with Crippen LogP contribution in [0.3, 0.4) is 0 Å². The number of aromatic nitrogens is 3. The molecule has 4 rings (SSSR count). The Bertz CT molecular complexity index is 964. The number of nitrogens with two attached hydrogens (primary N) is 1. The molecule has 27 heavy (non-hydrogen) atoms. The van der Waals surface area contributed by atoms with Crippen LogP contribution in [0, 0.1) is 5.82 Å². The topological polar surface area (TPSA) is 103 Å². The molecule has 3 heterocycles. The first kappa shape index (κ1) is 18.1. The number of nitrogens with zero attached hydrogens (tertiary/aromatic N) is 3. The number of benzene rings is 1. The minimum Gasteiger partial charge on any atom is -0.390 e. The first-order valence-electron chi connectivity index (χ1n) is 8.70. The third kappa shape index (κ3) is 3.74. The summed E-state index contributed by atoms with van der Waals surface area (Å²) >= 11 is 5.87. The molecule has 1 saturated heterocycles. The summed E-state index contributed by atoms with van der Waals surface area (Å²) in [5.41, 5.74) is 8.22. The molecule has 1 aliphatic heterocycles. The van der Waals surface area contributed by atoms with Gasteiger partial charge in [0.1, 0.15) is 23.6 Å². The molecule has 1 aliphatic rings. The highest BCUT2D eigenvalue weighted by molar-refractivity contribution is 6.31. The second-order valence-corrected chi connectivity index (χ2v) is 7.18. The van der Waals surface area contributed by atoms with Gasteiger partial charge in [0.2, 0.25) is 0 Å². The molecular formula is C18H20ClFN6O. The maximum Gasteiger partial charge on any atom is 0.143 e. The van der Waals surface area contributed by atoms with Crippen molar-refractivity contribution in [2.75, 3.05) is 18.4 Å². The molecule has 1 aromatic carbocycles. The second-order valence-electron chi connectivity index (χ2n) is 6.77. The van der Waals surface area contributed by atoms with E-state index in [1.54, 1.807) is 6.07 Å². The zero-order chi connectivity index (χ0) is 19.0. The van der Waals surface area contributed by atoms with E-state index in [9.17, 15) is 9.50 Å². The summed E-state index contributed by atoms with van der Waals surface area (Å²) in [5.74, 6) is 0.132. The summed E-state index contributed by atoms with van der Waals surface area (Å²) < 4.78 is 13.4. The fraction of sp³-hybridized carbons (Fsp3) is 0.333. The van der Waals surface area contributed by atoms with Crippen LogP contribution in [0.2, 0.25) is 5.02 Å². The van der Waals surface area contributed by atoms with Gasteiger partial charge in [-0.05, 0) is 30.2 Å². The van der Waals surface area contributed by atoms with Gasteiger partial charge in [-0.15, -0.1) is 0 Å². The standard InChI is InChI=1S/C18H20ClFN6O/c19-12-5-11(1-2-13(12)20)25-18-16-10(6-22-17(16)23-9-24-18)7-26-4-3-14(21)15(27)8-26/h1-2,5-6,9,14-15,27H,3-4,7-8,21H2,(H2,22,23,24,25). The summed E-state index contributed by atoms with van der Waals surface area (Å²) in [5, 5.41) is 14.1. The molecule has 0 aliphatic carbocycles. The summed E-state index contributed by atoms with van der Waals surface area (Å²) in [4.78, 5) is 13.9. The molecule has 9 heteroatoms. The maximum atomic E-state index is 13.4. The molecule has 3 aromatic rings. The normalized spacial score (nSPS) is 20.9.